The maximum Gasteiger partial charge on any atom is 0.329 e. The second-order valence-corrected chi connectivity index (χ2v) is 9.36. The highest BCUT2D eigenvalue weighted by atomic mass is 32.1. The predicted octanol–water partition coefficient (Wildman–Crippen LogP) is 0.423. The smallest absolute Gasteiger partial charge is 0.329 e. The predicted molar refractivity (Wildman–Crippen MR) is 126 cm³/mol. The molecule has 204 valence electrons. The highest BCUT2D eigenvalue weighted by molar-refractivity contribution is 7.80. The summed E-state index contributed by atoms with van der Waals surface area (Å²) >= 11 is 5.31. The number of nitrogens with one attached hydrogen (secondary N) is 2. The second kappa shape index (κ2) is 13.3. The topological polar surface area (TPSA) is 176 Å². The van der Waals surface area contributed by atoms with Gasteiger partial charge < -0.3 is 39.4 Å². The summed E-state index contributed by atoms with van der Waals surface area (Å²) in [5.41, 5.74) is -1.45. The fourth-order valence-electron chi connectivity index (χ4n) is 3.77. The summed E-state index contributed by atoms with van der Waals surface area (Å²) in [5.74, 6) is -4.11. The first kappa shape index (κ1) is 31.0. The Hall–Kier alpha value is -3.00. The van der Waals surface area contributed by atoms with Crippen LogP contribution < -0.4 is 10.6 Å². The summed E-state index contributed by atoms with van der Waals surface area (Å²) < 4.78 is 26.9. The lowest BCUT2D eigenvalue weighted by molar-refractivity contribution is -0.255. The van der Waals surface area contributed by atoms with Crippen LogP contribution in [0.25, 0.3) is 0 Å². The normalized spacial score (nSPS) is 25.1. The van der Waals surface area contributed by atoms with Crippen molar-refractivity contribution in [2.24, 2.45) is 5.92 Å². The average molecular weight is 535 g/mol. The van der Waals surface area contributed by atoms with E-state index in [1.165, 1.54) is 6.92 Å². The molecule has 14 heteroatoms. The summed E-state index contributed by atoms with van der Waals surface area (Å²) in [5, 5.41) is 15.0. The lowest BCUT2D eigenvalue weighted by Crippen LogP contribution is -2.68. The van der Waals surface area contributed by atoms with Gasteiger partial charge in [0.1, 0.15) is 18.2 Å². The van der Waals surface area contributed by atoms with Crippen molar-refractivity contribution in [1.82, 2.24) is 10.6 Å². The molecule has 1 heterocycles. The molecule has 36 heavy (non-hydrogen) atoms. The fraction of sp³-hybridized carbons (Fsp3) is 0.727. The van der Waals surface area contributed by atoms with Crippen LogP contribution in [0.2, 0.25) is 0 Å². The first-order chi connectivity index (χ1) is 16.6. The first-order valence-electron chi connectivity index (χ1n) is 11.2. The molecule has 1 fully saturated rings. The standard InChI is InChI=1S/C22H34N2O11S/c1-10(2)8-22(7,20(29)30)24-21(36)23-19-18(34-14(6)28)17(33-13(5)27)16(32-12(4)26)15(35-19)9-31-11(3)25/h10,15-19H,8-9H2,1-7H3,(H,29,30)(H2,23,24,36)/t15-,16-,17+,18-,19-,22-/m1/s1. The van der Waals surface area contributed by atoms with Crippen molar-refractivity contribution in [3.8, 4) is 0 Å². The van der Waals surface area contributed by atoms with Gasteiger partial charge in [-0.15, -0.1) is 0 Å². The van der Waals surface area contributed by atoms with Gasteiger partial charge >= 0.3 is 29.8 Å². The molecule has 0 radical (unpaired) electrons. The van der Waals surface area contributed by atoms with Crippen LogP contribution in [0.1, 0.15) is 54.9 Å². The maximum absolute atomic E-state index is 11.9. The molecular weight excluding hydrogens is 500 g/mol. The van der Waals surface area contributed by atoms with Crippen LogP contribution in [0.5, 0.6) is 0 Å². The van der Waals surface area contributed by atoms with Crippen molar-refractivity contribution in [2.45, 2.75) is 91.1 Å². The Morgan fingerprint density at radius 2 is 1.42 bits per heavy atom. The summed E-state index contributed by atoms with van der Waals surface area (Å²) in [6.45, 7) is 9.22. The first-order valence-corrected chi connectivity index (χ1v) is 11.6. The molecule has 1 aliphatic heterocycles. The number of thiocarbonyl (C=S) groups is 1. The zero-order valence-electron chi connectivity index (χ0n) is 21.3. The summed E-state index contributed by atoms with van der Waals surface area (Å²) in [6, 6.07) is 0. The van der Waals surface area contributed by atoms with E-state index < -0.39 is 72.6 Å². The molecular formula is C22H34N2O11S. The number of rotatable bonds is 10. The maximum atomic E-state index is 11.9. The molecule has 1 rings (SSSR count). The third-order valence-corrected chi connectivity index (χ3v) is 5.16. The monoisotopic (exact) mass is 534 g/mol. The number of hydrogen-bond donors (Lipinski definition) is 3. The number of aliphatic carboxylic acids is 1. The zero-order chi connectivity index (χ0) is 27.8. The minimum Gasteiger partial charge on any atom is -0.480 e. The number of carbonyl (C=O) groups is 5. The van der Waals surface area contributed by atoms with Crippen LogP contribution in [-0.2, 0) is 47.7 Å². The Morgan fingerprint density at radius 1 is 0.917 bits per heavy atom. The van der Waals surface area contributed by atoms with Gasteiger partial charge in [0.25, 0.3) is 0 Å². The van der Waals surface area contributed by atoms with E-state index in [9.17, 15) is 29.1 Å². The average Bonchev–Trinajstić information content (AvgIpc) is 2.69. The SMILES string of the molecule is CC(=O)OC[C@H]1O[C@@H](NC(=S)N[C@](C)(CC(C)C)C(=O)O)[C@H](OC(C)=O)[C@@H](OC(C)=O)[C@@H]1OC(C)=O. The third kappa shape index (κ3) is 9.57. The van der Waals surface area contributed by atoms with Crippen molar-refractivity contribution >= 4 is 47.2 Å². The zero-order valence-corrected chi connectivity index (χ0v) is 22.1. The van der Waals surface area contributed by atoms with Crippen LogP contribution in [-0.4, -0.2) is 82.9 Å². The number of ether oxygens (including phenoxy) is 5. The largest absolute Gasteiger partial charge is 0.480 e. The van der Waals surface area contributed by atoms with Crippen molar-refractivity contribution in [1.29, 1.82) is 0 Å². The van der Waals surface area contributed by atoms with Crippen LogP contribution in [0.4, 0.5) is 0 Å². The van der Waals surface area contributed by atoms with Gasteiger partial charge in [-0.05, 0) is 31.5 Å². The van der Waals surface area contributed by atoms with E-state index in [1.807, 2.05) is 13.8 Å². The minimum atomic E-state index is -1.45. The molecule has 0 aliphatic carbocycles. The molecule has 0 unspecified atom stereocenters. The van der Waals surface area contributed by atoms with E-state index in [0.29, 0.717) is 0 Å². The Labute approximate surface area is 214 Å². The molecule has 1 saturated heterocycles. The Kier molecular flexibility index (Phi) is 11.5. The molecule has 3 N–H and O–H groups in total. The van der Waals surface area contributed by atoms with Gasteiger partial charge in [0.2, 0.25) is 0 Å². The van der Waals surface area contributed by atoms with E-state index in [4.69, 9.17) is 35.9 Å². The van der Waals surface area contributed by atoms with Gasteiger partial charge in [0.15, 0.2) is 29.7 Å². The third-order valence-electron chi connectivity index (χ3n) is 4.94. The van der Waals surface area contributed by atoms with E-state index in [-0.39, 0.29) is 17.5 Å². The summed E-state index contributed by atoms with van der Waals surface area (Å²) in [6.07, 6.45) is -6.35. The second-order valence-electron chi connectivity index (χ2n) is 8.95. The van der Waals surface area contributed by atoms with E-state index >= 15 is 0 Å². The van der Waals surface area contributed by atoms with Crippen LogP contribution in [0.3, 0.4) is 0 Å². The fourth-order valence-corrected chi connectivity index (χ4v) is 4.11. The van der Waals surface area contributed by atoms with Crippen LogP contribution in [0.15, 0.2) is 0 Å². The number of hydrogen-bond acceptors (Lipinski definition) is 11. The number of carbonyl (C=O) groups excluding carboxylic acids is 4. The molecule has 6 atom stereocenters. The molecule has 0 aromatic carbocycles. The van der Waals surface area contributed by atoms with Gasteiger partial charge in [-0.3, -0.25) is 19.2 Å². The van der Waals surface area contributed by atoms with Crippen molar-refractivity contribution in [3.05, 3.63) is 0 Å². The molecule has 13 nitrogen and oxygen atoms in total. The van der Waals surface area contributed by atoms with E-state index in [2.05, 4.69) is 10.6 Å². The molecule has 1 aliphatic rings. The van der Waals surface area contributed by atoms with Crippen LogP contribution in [0, 0.1) is 5.92 Å². The Bertz CT molecular complexity index is 865. The van der Waals surface area contributed by atoms with E-state index in [1.54, 1.807) is 0 Å². The number of esters is 4. The van der Waals surface area contributed by atoms with Gasteiger partial charge in [-0.2, -0.15) is 0 Å². The summed E-state index contributed by atoms with van der Waals surface area (Å²) in [7, 11) is 0. The van der Waals surface area contributed by atoms with Gasteiger partial charge in [-0.1, -0.05) is 13.8 Å². The molecule has 0 bridgehead atoms. The lowest BCUT2D eigenvalue weighted by Gasteiger charge is -2.45. The molecule has 0 amide bonds. The lowest BCUT2D eigenvalue weighted by atomic mass is 9.91. The minimum absolute atomic E-state index is 0.00655. The van der Waals surface area contributed by atoms with Crippen molar-refractivity contribution in [3.63, 3.8) is 0 Å². The van der Waals surface area contributed by atoms with Crippen LogP contribution >= 0.6 is 12.2 Å². The quantitative estimate of drug-likeness (QED) is 0.200. The van der Waals surface area contributed by atoms with E-state index in [0.717, 1.165) is 27.7 Å². The molecule has 0 aromatic rings. The molecule has 0 aromatic heterocycles. The van der Waals surface area contributed by atoms with Crippen molar-refractivity contribution in [2.75, 3.05) is 6.61 Å². The Balaban J connectivity index is 3.37. The molecule has 0 saturated carbocycles. The highest BCUT2D eigenvalue weighted by Crippen LogP contribution is 2.28. The van der Waals surface area contributed by atoms with Gasteiger partial charge in [-0.25, -0.2) is 4.79 Å². The number of carboxylic acid groups (broad SMARTS) is 1. The van der Waals surface area contributed by atoms with Gasteiger partial charge in [0, 0.05) is 27.7 Å². The summed E-state index contributed by atoms with van der Waals surface area (Å²) in [4.78, 5) is 58.9. The van der Waals surface area contributed by atoms with Crippen molar-refractivity contribution < 1.29 is 52.8 Å². The Morgan fingerprint density at radius 3 is 1.86 bits per heavy atom. The molecule has 0 spiro atoms. The van der Waals surface area contributed by atoms with Gasteiger partial charge in [0.05, 0.1) is 0 Å². The highest BCUT2D eigenvalue weighted by Gasteiger charge is 2.52. The number of carboxylic acids is 1.